The van der Waals surface area contributed by atoms with E-state index in [4.69, 9.17) is 4.98 Å². The number of aromatic nitrogens is 4. The molecule has 7 nitrogen and oxygen atoms in total. The van der Waals surface area contributed by atoms with Crippen LogP contribution in [0.1, 0.15) is 40.8 Å². The quantitative estimate of drug-likeness (QED) is 0.347. The molecule has 6 rings (SSSR count). The minimum Gasteiger partial charge on any atom is -0.377 e. The lowest BCUT2D eigenvalue weighted by Gasteiger charge is -2.22. The zero-order valence-electron chi connectivity index (χ0n) is 20.4. The fraction of sp³-hybridized carbons (Fsp3) is 0.214. The van der Waals surface area contributed by atoms with Gasteiger partial charge in [0.2, 0.25) is 0 Å². The Bertz CT molecular complexity index is 1620. The summed E-state index contributed by atoms with van der Waals surface area (Å²) in [7, 11) is 0. The van der Waals surface area contributed by atoms with E-state index in [0.29, 0.717) is 11.2 Å². The van der Waals surface area contributed by atoms with Gasteiger partial charge in [0.15, 0.2) is 0 Å². The van der Waals surface area contributed by atoms with Gasteiger partial charge in [0.1, 0.15) is 11.5 Å². The Hall–Kier alpha value is -4.04. The second-order valence-corrected chi connectivity index (χ2v) is 10.2. The zero-order chi connectivity index (χ0) is 24.8. The van der Waals surface area contributed by atoms with E-state index in [1.54, 1.807) is 28.1 Å². The van der Waals surface area contributed by atoms with Crippen molar-refractivity contribution in [1.29, 1.82) is 0 Å². The smallest absolute Gasteiger partial charge is 0.262 e. The molecule has 1 aliphatic heterocycles. The second-order valence-electron chi connectivity index (χ2n) is 9.32. The molecule has 1 aromatic carbocycles. The third-order valence-corrected chi connectivity index (χ3v) is 7.74. The maximum absolute atomic E-state index is 13.5. The first-order chi connectivity index (χ1) is 17.5. The molecular weight excluding hydrogens is 468 g/mol. The van der Waals surface area contributed by atoms with Gasteiger partial charge in [-0.25, -0.2) is 4.98 Å². The molecule has 0 radical (unpaired) electrons. The lowest BCUT2D eigenvalue weighted by molar-refractivity contribution is 0.824. The molecule has 8 heteroatoms. The standard InChI is InChI=1S/C28H26N6OS/c1-17-12-23(19(3)31-24-9-11-36-25(24)20-8-10-29-30-13-20)27-32-26(18(2)28(35)34(27)14-17)33-15-21-6-4-5-7-22(21)16-33/h4-14,19,31H,15-16H2,1-3H3. The summed E-state index contributed by atoms with van der Waals surface area (Å²) in [5.74, 6) is 0.757. The molecule has 0 saturated heterocycles. The summed E-state index contributed by atoms with van der Waals surface area (Å²) in [6.45, 7) is 7.52. The maximum Gasteiger partial charge on any atom is 0.262 e. The Balaban J connectivity index is 1.42. The average molecular weight is 495 g/mol. The van der Waals surface area contributed by atoms with Gasteiger partial charge in [-0.3, -0.25) is 9.20 Å². The molecule has 5 heterocycles. The van der Waals surface area contributed by atoms with E-state index < -0.39 is 0 Å². The van der Waals surface area contributed by atoms with Gasteiger partial charge >= 0.3 is 0 Å². The van der Waals surface area contributed by atoms with Crippen LogP contribution in [0.25, 0.3) is 16.1 Å². The van der Waals surface area contributed by atoms with Gasteiger partial charge < -0.3 is 10.2 Å². The molecule has 1 unspecified atom stereocenters. The van der Waals surface area contributed by atoms with Crippen LogP contribution in [0.15, 0.2) is 71.2 Å². The van der Waals surface area contributed by atoms with Crippen molar-refractivity contribution in [3.63, 3.8) is 0 Å². The van der Waals surface area contributed by atoms with Crippen LogP contribution in [-0.4, -0.2) is 19.6 Å². The summed E-state index contributed by atoms with van der Waals surface area (Å²) in [5.41, 5.74) is 7.93. The summed E-state index contributed by atoms with van der Waals surface area (Å²) in [4.78, 5) is 21.9. The number of rotatable bonds is 5. The lowest BCUT2D eigenvalue weighted by Crippen LogP contribution is -2.26. The molecular formula is C28H26N6OS. The highest BCUT2D eigenvalue weighted by molar-refractivity contribution is 7.14. The SMILES string of the molecule is Cc1cc(C(C)Nc2ccsc2-c2ccnnc2)c2nc(N3Cc4ccccc4C3)c(C)c(=O)n2c1. The van der Waals surface area contributed by atoms with E-state index in [1.807, 2.05) is 26.1 Å². The Morgan fingerprint density at radius 2 is 1.83 bits per heavy atom. The fourth-order valence-corrected chi connectivity index (χ4v) is 5.83. The van der Waals surface area contributed by atoms with Gasteiger partial charge in [0, 0.05) is 30.4 Å². The molecule has 0 bridgehead atoms. The van der Waals surface area contributed by atoms with Gasteiger partial charge in [0.25, 0.3) is 5.56 Å². The van der Waals surface area contributed by atoms with Crippen LogP contribution in [0.2, 0.25) is 0 Å². The van der Waals surface area contributed by atoms with Gasteiger partial charge in [-0.1, -0.05) is 24.3 Å². The van der Waals surface area contributed by atoms with Crippen LogP contribution in [0.5, 0.6) is 0 Å². The maximum atomic E-state index is 13.5. The lowest BCUT2D eigenvalue weighted by atomic mass is 10.1. The summed E-state index contributed by atoms with van der Waals surface area (Å²) in [6.07, 6.45) is 5.36. The summed E-state index contributed by atoms with van der Waals surface area (Å²) in [6, 6.07) is 14.5. The number of anilines is 2. The molecule has 0 amide bonds. The van der Waals surface area contributed by atoms with E-state index in [0.717, 1.165) is 46.2 Å². The van der Waals surface area contributed by atoms with Crippen LogP contribution in [0.3, 0.4) is 0 Å². The third kappa shape index (κ3) is 3.83. The van der Waals surface area contributed by atoms with Crippen LogP contribution >= 0.6 is 11.3 Å². The Morgan fingerprint density at radius 3 is 2.56 bits per heavy atom. The number of aryl methyl sites for hydroxylation is 1. The Morgan fingerprint density at radius 1 is 1.06 bits per heavy atom. The van der Waals surface area contributed by atoms with Crippen molar-refractivity contribution in [3.8, 4) is 10.4 Å². The number of nitrogens with one attached hydrogen (secondary N) is 1. The number of pyridine rings is 1. The molecule has 0 spiro atoms. The van der Waals surface area contributed by atoms with Crippen molar-refractivity contribution in [1.82, 2.24) is 19.6 Å². The van der Waals surface area contributed by atoms with E-state index in [-0.39, 0.29) is 11.6 Å². The average Bonchev–Trinajstić information content (AvgIpc) is 3.53. The zero-order valence-corrected chi connectivity index (χ0v) is 21.2. The largest absolute Gasteiger partial charge is 0.377 e. The van der Waals surface area contributed by atoms with Gasteiger partial charge in [-0.2, -0.15) is 10.2 Å². The van der Waals surface area contributed by atoms with Crippen molar-refractivity contribution in [2.75, 3.05) is 10.2 Å². The third-order valence-electron chi connectivity index (χ3n) is 6.78. The highest BCUT2D eigenvalue weighted by Crippen LogP contribution is 2.36. The molecule has 1 aliphatic rings. The highest BCUT2D eigenvalue weighted by Gasteiger charge is 2.24. The van der Waals surface area contributed by atoms with Crippen LogP contribution in [-0.2, 0) is 13.1 Å². The van der Waals surface area contributed by atoms with E-state index in [1.165, 1.54) is 11.1 Å². The first-order valence-corrected chi connectivity index (χ1v) is 12.8. The number of thiophene rings is 1. The molecule has 36 heavy (non-hydrogen) atoms. The van der Waals surface area contributed by atoms with E-state index in [9.17, 15) is 4.79 Å². The Kier molecular flexibility index (Phi) is 5.53. The predicted molar refractivity (Wildman–Crippen MR) is 145 cm³/mol. The predicted octanol–water partition coefficient (Wildman–Crippen LogP) is 5.52. The number of hydrogen-bond donors (Lipinski definition) is 1. The first kappa shape index (κ1) is 22.4. The van der Waals surface area contributed by atoms with Crippen LogP contribution < -0.4 is 15.8 Å². The summed E-state index contributed by atoms with van der Waals surface area (Å²) in [5, 5.41) is 13.6. The van der Waals surface area contributed by atoms with Gasteiger partial charge in [0.05, 0.1) is 34.6 Å². The molecule has 4 aromatic heterocycles. The van der Waals surface area contributed by atoms with Crippen molar-refractivity contribution in [3.05, 3.63) is 105 Å². The van der Waals surface area contributed by atoms with Crippen molar-refractivity contribution in [2.45, 2.75) is 39.9 Å². The van der Waals surface area contributed by atoms with Crippen molar-refractivity contribution in [2.24, 2.45) is 0 Å². The molecule has 5 aromatic rings. The van der Waals surface area contributed by atoms with E-state index >= 15 is 0 Å². The van der Waals surface area contributed by atoms with Gasteiger partial charge in [-0.05, 0) is 61.0 Å². The molecule has 180 valence electrons. The number of hydrogen-bond acceptors (Lipinski definition) is 7. The number of nitrogens with zero attached hydrogens (tertiary/aromatic N) is 5. The monoisotopic (exact) mass is 494 g/mol. The first-order valence-electron chi connectivity index (χ1n) is 12.0. The van der Waals surface area contributed by atoms with Crippen molar-refractivity contribution >= 4 is 28.5 Å². The molecule has 0 saturated carbocycles. The Labute approximate surface area is 213 Å². The minimum absolute atomic E-state index is 0.0258. The van der Waals surface area contributed by atoms with E-state index in [2.05, 4.69) is 69.1 Å². The fourth-order valence-electron chi connectivity index (χ4n) is 4.98. The van der Waals surface area contributed by atoms with Crippen LogP contribution in [0.4, 0.5) is 11.5 Å². The van der Waals surface area contributed by atoms with Crippen LogP contribution in [0, 0.1) is 13.8 Å². The molecule has 1 N–H and O–H groups in total. The van der Waals surface area contributed by atoms with Gasteiger partial charge in [-0.15, -0.1) is 11.3 Å². The minimum atomic E-state index is -0.0822. The highest BCUT2D eigenvalue weighted by atomic mass is 32.1. The molecule has 1 atom stereocenters. The van der Waals surface area contributed by atoms with Crippen molar-refractivity contribution < 1.29 is 0 Å². The topological polar surface area (TPSA) is 75.4 Å². The normalized spacial score (nSPS) is 13.7. The summed E-state index contributed by atoms with van der Waals surface area (Å²) < 4.78 is 1.70. The molecule has 0 aliphatic carbocycles. The second kappa shape index (κ2) is 8.87. The summed E-state index contributed by atoms with van der Waals surface area (Å²) >= 11 is 1.66. The number of benzene rings is 1. The number of fused-ring (bicyclic) bond motifs is 2. The molecule has 0 fully saturated rings.